The fourth-order valence-corrected chi connectivity index (χ4v) is 5.80. The predicted octanol–water partition coefficient (Wildman–Crippen LogP) is 4.53. The van der Waals surface area contributed by atoms with E-state index in [-0.39, 0.29) is 23.0 Å². The Morgan fingerprint density at radius 2 is 1.59 bits per heavy atom. The molecule has 3 aromatic rings. The van der Waals surface area contributed by atoms with E-state index in [1.165, 1.54) is 36.2 Å². The Labute approximate surface area is 235 Å². The van der Waals surface area contributed by atoms with Gasteiger partial charge < -0.3 is 15.0 Å². The van der Waals surface area contributed by atoms with Crippen molar-refractivity contribution in [1.82, 2.24) is 10.2 Å². The molecule has 0 bridgehead atoms. The number of hydrogen-bond acceptors (Lipinski definition) is 5. The van der Waals surface area contributed by atoms with Crippen molar-refractivity contribution in [2.24, 2.45) is 0 Å². The van der Waals surface area contributed by atoms with Crippen molar-refractivity contribution in [3.8, 4) is 5.75 Å². The van der Waals surface area contributed by atoms with Gasteiger partial charge in [0.1, 0.15) is 18.3 Å². The van der Waals surface area contributed by atoms with Crippen LogP contribution in [0.2, 0.25) is 5.02 Å². The SMILES string of the molecule is CCOc1ccccc1N(CC(=O)N(CCc1ccccc1)[C@H](CC)C(=O)NC)S(=O)(=O)c1ccc(Cl)cc1. The van der Waals surface area contributed by atoms with Crippen LogP contribution in [0.15, 0.2) is 83.8 Å². The van der Waals surface area contributed by atoms with E-state index in [1.807, 2.05) is 37.3 Å². The van der Waals surface area contributed by atoms with E-state index >= 15 is 0 Å². The largest absolute Gasteiger partial charge is 0.492 e. The third-order valence-electron chi connectivity index (χ3n) is 6.23. The second-order valence-corrected chi connectivity index (χ2v) is 11.0. The molecular formula is C29H34ClN3O5S. The molecule has 0 heterocycles. The predicted molar refractivity (Wildman–Crippen MR) is 154 cm³/mol. The minimum absolute atomic E-state index is 0.0276. The Balaban J connectivity index is 2.05. The average molecular weight is 572 g/mol. The third kappa shape index (κ3) is 7.52. The highest BCUT2D eigenvalue weighted by atomic mass is 35.5. The normalized spacial score (nSPS) is 11.9. The van der Waals surface area contributed by atoms with Gasteiger partial charge in [0.15, 0.2) is 0 Å². The smallest absolute Gasteiger partial charge is 0.264 e. The Morgan fingerprint density at radius 1 is 0.949 bits per heavy atom. The number of ether oxygens (including phenoxy) is 1. The lowest BCUT2D eigenvalue weighted by atomic mass is 10.1. The van der Waals surface area contributed by atoms with Crippen molar-refractivity contribution in [3.63, 3.8) is 0 Å². The fraction of sp³-hybridized carbons (Fsp3) is 0.310. The summed E-state index contributed by atoms with van der Waals surface area (Å²) in [6.45, 7) is 3.61. The lowest BCUT2D eigenvalue weighted by Crippen LogP contribution is -2.52. The van der Waals surface area contributed by atoms with Crippen LogP contribution in [0.4, 0.5) is 5.69 Å². The molecule has 0 unspecified atom stereocenters. The van der Waals surface area contributed by atoms with Gasteiger partial charge in [0.05, 0.1) is 17.2 Å². The van der Waals surface area contributed by atoms with Gasteiger partial charge in [-0.2, -0.15) is 0 Å². The molecule has 0 aliphatic heterocycles. The van der Waals surface area contributed by atoms with E-state index in [2.05, 4.69) is 5.32 Å². The molecule has 0 fully saturated rings. The van der Waals surface area contributed by atoms with Crippen LogP contribution in [0, 0.1) is 0 Å². The maximum Gasteiger partial charge on any atom is 0.264 e. The van der Waals surface area contributed by atoms with Crippen molar-refractivity contribution in [3.05, 3.63) is 89.4 Å². The minimum Gasteiger partial charge on any atom is -0.492 e. The highest BCUT2D eigenvalue weighted by Crippen LogP contribution is 2.33. The number of para-hydroxylation sites is 2. The molecule has 1 atom stereocenters. The Kier molecular flexibility index (Phi) is 10.8. The second-order valence-electron chi connectivity index (χ2n) is 8.73. The van der Waals surface area contributed by atoms with Crippen LogP contribution < -0.4 is 14.4 Å². The van der Waals surface area contributed by atoms with Gasteiger partial charge in [0, 0.05) is 18.6 Å². The van der Waals surface area contributed by atoms with Crippen molar-refractivity contribution in [1.29, 1.82) is 0 Å². The lowest BCUT2D eigenvalue weighted by Gasteiger charge is -2.33. The van der Waals surface area contributed by atoms with Crippen molar-refractivity contribution >= 4 is 39.1 Å². The van der Waals surface area contributed by atoms with E-state index in [1.54, 1.807) is 31.2 Å². The zero-order chi connectivity index (χ0) is 28.4. The van der Waals surface area contributed by atoms with Crippen LogP contribution >= 0.6 is 11.6 Å². The molecule has 39 heavy (non-hydrogen) atoms. The zero-order valence-corrected chi connectivity index (χ0v) is 23.9. The van der Waals surface area contributed by atoms with Crippen LogP contribution in [0.25, 0.3) is 0 Å². The van der Waals surface area contributed by atoms with Crippen LogP contribution in [0.5, 0.6) is 5.75 Å². The summed E-state index contributed by atoms with van der Waals surface area (Å²) >= 11 is 6.00. The first-order valence-electron chi connectivity index (χ1n) is 12.8. The summed E-state index contributed by atoms with van der Waals surface area (Å²) in [7, 11) is -2.70. The number of carbonyl (C=O) groups excluding carboxylic acids is 2. The molecule has 0 aromatic heterocycles. The molecule has 2 amide bonds. The molecule has 3 aromatic carbocycles. The quantitative estimate of drug-likeness (QED) is 0.325. The van der Waals surface area contributed by atoms with Crippen molar-refractivity contribution in [2.75, 3.05) is 31.0 Å². The van der Waals surface area contributed by atoms with Gasteiger partial charge in [-0.3, -0.25) is 13.9 Å². The summed E-state index contributed by atoms with van der Waals surface area (Å²) in [6, 6.07) is 21.2. The third-order valence-corrected chi connectivity index (χ3v) is 8.26. The van der Waals surface area contributed by atoms with Gasteiger partial charge in [-0.05, 0) is 61.7 Å². The number of amides is 2. The summed E-state index contributed by atoms with van der Waals surface area (Å²) in [5, 5.41) is 3.01. The van der Waals surface area contributed by atoms with E-state index in [0.29, 0.717) is 30.2 Å². The highest BCUT2D eigenvalue weighted by Gasteiger charge is 2.34. The highest BCUT2D eigenvalue weighted by molar-refractivity contribution is 7.92. The summed E-state index contributed by atoms with van der Waals surface area (Å²) in [6.07, 6.45) is 0.860. The molecule has 0 saturated heterocycles. The van der Waals surface area contributed by atoms with E-state index in [4.69, 9.17) is 16.3 Å². The first-order valence-corrected chi connectivity index (χ1v) is 14.6. The molecule has 0 aliphatic rings. The number of halogens is 1. The van der Waals surface area contributed by atoms with Gasteiger partial charge in [-0.25, -0.2) is 8.42 Å². The second kappa shape index (κ2) is 14.0. The average Bonchev–Trinajstić information content (AvgIpc) is 2.94. The van der Waals surface area contributed by atoms with Crippen LogP contribution in [-0.4, -0.2) is 57.9 Å². The fourth-order valence-electron chi connectivity index (χ4n) is 4.25. The summed E-state index contributed by atoms with van der Waals surface area (Å²) in [5.74, 6) is -0.509. The number of anilines is 1. The number of benzene rings is 3. The first kappa shape index (κ1) is 30.0. The summed E-state index contributed by atoms with van der Waals surface area (Å²) in [5.41, 5.74) is 1.22. The van der Waals surface area contributed by atoms with Crippen molar-refractivity contribution in [2.45, 2.75) is 37.6 Å². The monoisotopic (exact) mass is 571 g/mol. The molecule has 0 spiro atoms. The number of nitrogens with zero attached hydrogens (tertiary/aromatic N) is 2. The Hall–Kier alpha value is -3.56. The zero-order valence-electron chi connectivity index (χ0n) is 22.3. The van der Waals surface area contributed by atoms with E-state index < -0.39 is 28.5 Å². The molecule has 0 radical (unpaired) electrons. The molecule has 8 nitrogen and oxygen atoms in total. The number of nitrogens with one attached hydrogen (secondary N) is 1. The summed E-state index contributed by atoms with van der Waals surface area (Å²) < 4.78 is 34.7. The number of rotatable bonds is 13. The number of hydrogen-bond donors (Lipinski definition) is 1. The van der Waals surface area contributed by atoms with E-state index in [9.17, 15) is 18.0 Å². The molecule has 0 saturated carbocycles. The standard InChI is InChI=1S/C29H34ClN3O5S/c1-4-25(29(35)31-3)32(20-19-22-11-7-6-8-12-22)28(34)21-33(26-13-9-10-14-27(26)38-5-2)39(36,37)24-17-15-23(30)16-18-24/h6-18,25H,4-5,19-21H2,1-3H3,(H,31,35)/t25-/m1/s1. The molecular weight excluding hydrogens is 538 g/mol. The van der Waals surface area contributed by atoms with Crippen LogP contribution in [-0.2, 0) is 26.0 Å². The van der Waals surface area contributed by atoms with E-state index in [0.717, 1.165) is 9.87 Å². The minimum atomic E-state index is -4.22. The topological polar surface area (TPSA) is 96.0 Å². The summed E-state index contributed by atoms with van der Waals surface area (Å²) in [4.78, 5) is 28.2. The molecule has 0 aliphatic carbocycles. The maximum absolute atomic E-state index is 13.9. The molecule has 208 valence electrons. The maximum atomic E-state index is 13.9. The van der Waals surface area contributed by atoms with Gasteiger partial charge in [-0.1, -0.05) is 61.0 Å². The Morgan fingerprint density at radius 3 is 2.21 bits per heavy atom. The first-order chi connectivity index (χ1) is 18.7. The Bertz CT molecular complexity index is 1350. The number of likely N-dealkylation sites (N-methyl/N-ethyl adjacent to an activating group) is 1. The number of carbonyl (C=O) groups is 2. The van der Waals surface area contributed by atoms with Crippen molar-refractivity contribution < 1.29 is 22.7 Å². The molecule has 10 heteroatoms. The van der Waals surface area contributed by atoms with Gasteiger partial charge in [-0.15, -0.1) is 0 Å². The van der Waals surface area contributed by atoms with Crippen LogP contribution in [0.1, 0.15) is 25.8 Å². The van der Waals surface area contributed by atoms with Gasteiger partial charge >= 0.3 is 0 Å². The van der Waals surface area contributed by atoms with Gasteiger partial charge in [0.25, 0.3) is 10.0 Å². The van der Waals surface area contributed by atoms with Gasteiger partial charge in [0.2, 0.25) is 11.8 Å². The lowest BCUT2D eigenvalue weighted by molar-refractivity contribution is -0.139. The number of sulfonamides is 1. The molecule has 3 rings (SSSR count). The molecule has 1 N–H and O–H groups in total. The van der Waals surface area contributed by atoms with Crippen LogP contribution in [0.3, 0.4) is 0 Å².